The molecular weight excluding hydrogens is 763 g/mol. The lowest BCUT2D eigenvalue weighted by Gasteiger charge is -2.34. The molecule has 4 unspecified atom stereocenters. The number of rotatable bonds is 24. The van der Waals surface area contributed by atoms with Crippen molar-refractivity contribution in [1.29, 1.82) is 0 Å². The van der Waals surface area contributed by atoms with Crippen molar-refractivity contribution in [2.45, 2.75) is 75.9 Å². The van der Waals surface area contributed by atoms with E-state index in [0.29, 0.717) is 19.3 Å². The van der Waals surface area contributed by atoms with Crippen molar-refractivity contribution >= 4 is 35.6 Å². The minimum atomic E-state index is -1.06. The van der Waals surface area contributed by atoms with Crippen LogP contribution in [0.25, 0.3) is 0 Å². The van der Waals surface area contributed by atoms with Gasteiger partial charge in [0.25, 0.3) is 0 Å². The first-order valence-corrected chi connectivity index (χ1v) is 20.5. The number of esters is 3. The summed E-state index contributed by atoms with van der Waals surface area (Å²) in [6, 6.07) is 24.3. The van der Waals surface area contributed by atoms with Crippen LogP contribution >= 0.6 is 0 Å². The average molecular weight is 820 g/mol. The zero-order valence-corrected chi connectivity index (χ0v) is 34.1. The largest absolute Gasteiger partial charge is 0.464 e. The van der Waals surface area contributed by atoms with Gasteiger partial charge in [0, 0.05) is 37.0 Å². The third kappa shape index (κ3) is 15.5. The number of carbonyl (C=O) groups is 6. The van der Waals surface area contributed by atoms with E-state index in [0.717, 1.165) is 16.7 Å². The predicted octanol–water partition coefficient (Wildman–Crippen LogP) is 5.56. The number of hydrogen-bond donors (Lipinski definition) is 3. The maximum Gasteiger partial charge on any atom is 0.328 e. The SMILES string of the molecule is C=CCCOC(=O)C(Cc1ccccc1)NC(=O)C1CC(C(=O)NC(Cc2ccccc2)C(=O)OCCC=C)CC(C(=O)N[C@@H](Cc2ccccc2)C(=O)OCCC=C)C1. The van der Waals surface area contributed by atoms with Crippen molar-refractivity contribution in [3.8, 4) is 0 Å². The van der Waals surface area contributed by atoms with E-state index >= 15 is 0 Å². The Morgan fingerprint density at radius 2 is 0.717 bits per heavy atom. The van der Waals surface area contributed by atoms with E-state index in [-0.39, 0.29) is 58.3 Å². The van der Waals surface area contributed by atoms with Crippen LogP contribution in [-0.4, -0.2) is 73.6 Å². The molecule has 0 saturated heterocycles. The van der Waals surface area contributed by atoms with E-state index in [1.165, 1.54) is 0 Å². The van der Waals surface area contributed by atoms with E-state index in [1.54, 1.807) is 18.2 Å². The van der Waals surface area contributed by atoms with Crippen molar-refractivity contribution in [3.05, 3.63) is 146 Å². The molecule has 3 amide bonds. The number of carbonyl (C=O) groups excluding carboxylic acids is 6. The van der Waals surface area contributed by atoms with Crippen LogP contribution in [0.4, 0.5) is 0 Å². The smallest absolute Gasteiger partial charge is 0.328 e. The maximum atomic E-state index is 14.2. The maximum absolute atomic E-state index is 14.2. The minimum absolute atomic E-state index is 0.0195. The van der Waals surface area contributed by atoms with Crippen LogP contribution in [0.1, 0.15) is 55.2 Å². The predicted molar refractivity (Wildman–Crippen MR) is 228 cm³/mol. The molecule has 3 aromatic carbocycles. The van der Waals surface area contributed by atoms with Crippen molar-refractivity contribution in [1.82, 2.24) is 16.0 Å². The Morgan fingerprint density at radius 3 is 0.950 bits per heavy atom. The molecule has 0 aromatic heterocycles. The molecule has 1 aliphatic carbocycles. The molecule has 0 spiro atoms. The van der Waals surface area contributed by atoms with Gasteiger partial charge in [0.05, 0.1) is 19.8 Å². The van der Waals surface area contributed by atoms with Crippen LogP contribution in [0.5, 0.6) is 0 Å². The molecule has 1 aliphatic rings. The molecule has 0 radical (unpaired) electrons. The van der Waals surface area contributed by atoms with Gasteiger partial charge >= 0.3 is 17.9 Å². The molecule has 5 atom stereocenters. The normalized spacial score (nSPS) is 17.3. The highest BCUT2D eigenvalue weighted by Gasteiger charge is 2.42. The van der Waals surface area contributed by atoms with E-state index in [4.69, 9.17) is 14.2 Å². The van der Waals surface area contributed by atoms with Crippen LogP contribution < -0.4 is 16.0 Å². The Hall–Kier alpha value is -6.30. The highest BCUT2D eigenvalue weighted by molar-refractivity contribution is 5.91. The summed E-state index contributed by atoms with van der Waals surface area (Å²) >= 11 is 0. The van der Waals surface area contributed by atoms with E-state index < -0.39 is 71.5 Å². The lowest BCUT2D eigenvalue weighted by atomic mass is 9.73. The fraction of sp³-hybridized carbons (Fsp3) is 0.375. The summed E-state index contributed by atoms with van der Waals surface area (Å²) in [6.45, 7) is 11.2. The van der Waals surface area contributed by atoms with Gasteiger partial charge in [0.1, 0.15) is 18.1 Å². The van der Waals surface area contributed by atoms with Gasteiger partial charge in [-0.05, 0) is 55.2 Å². The lowest BCUT2D eigenvalue weighted by Crippen LogP contribution is -2.52. The molecule has 318 valence electrons. The van der Waals surface area contributed by atoms with Gasteiger partial charge in [0.2, 0.25) is 17.7 Å². The zero-order valence-electron chi connectivity index (χ0n) is 34.1. The monoisotopic (exact) mass is 819 g/mol. The van der Waals surface area contributed by atoms with Crippen LogP contribution in [-0.2, 0) is 62.2 Å². The molecule has 0 aliphatic heterocycles. The van der Waals surface area contributed by atoms with Crippen molar-refractivity contribution in [2.24, 2.45) is 17.8 Å². The van der Waals surface area contributed by atoms with Crippen LogP contribution in [0, 0.1) is 17.8 Å². The first-order valence-electron chi connectivity index (χ1n) is 20.5. The van der Waals surface area contributed by atoms with Gasteiger partial charge in [-0.15, -0.1) is 19.7 Å². The summed E-state index contributed by atoms with van der Waals surface area (Å²) in [5.74, 6) is -6.26. The van der Waals surface area contributed by atoms with Gasteiger partial charge in [0.15, 0.2) is 0 Å². The number of amides is 3. The second-order valence-corrected chi connectivity index (χ2v) is 14.8. The van der Waals surface area contributed by atoms with Gasteiger partial charge < -0.3 is 30.2 Å². The first kappa shape index (κ1) is 46.4. The Kier molecular flexibility index (Phi) is 19.5. The molecule has 1 saturated carbocycles. The summed E-state index contributed by atoms with van der Waals surface area (Å²) in [4.78, 5) is 82.8. The summed E-state index contributed by atoms with van der Waals surface area (Å²) in [5, 5.41) is 8.56. The fourth-order valence-corrected chi connectivity index (χ4v) is 6.99. The summed E-state index contributed by atoms with van der Waals surface area (Å²) in [6.07, 6.45) is 6.62. The zero-order chi connectivity index (χ0) is 43.1. The summed E-state index contributed by atoms with van der Waals surface area (Å²) in [5.41, 5.74) is 2.36. The Bertz CT molecular complexity index is 1660. The molecule has 1 fully saturated rings. The number of benzene rings is 3. The minimum Gasteiger partial charge on any atom is -0.464 e. The summed E-state index contributed by atoms with van der Waals surface area (Å²) in [7, 11) is 0. The van der Waals surface area contributed by atoms with E-state index in [9.17, 15) is 28.8 Å². The lowest BCUT2D eigenvalue weighted by molar-refractivity contribution is -0.150. The third-order valence-electron chi connectivity index (χ3n) is 10.2. The van der Waals surface area contributed by atoms with Crippen LogP contribution in [0.3, 0.4) is 0 Å². The van der Waals surface area contributed by atoms with Crippen molar-refractivity contribution in [3.63, 3.8) is 0 Å². The van der Waals surface area contributed by atoms with E-state index in [1.807, 2.05) is 91.0 Å². The molecular formula is C48H57N3O9. The molecule has 12 nitrogen and oxygen atoms in total. The van der Waals surface area contributed by atoms with Crippen LogP contribution in [0.15, 0.2) is 129 Å². The van der Waals surface area contributed by atoms with Crippen molar-refractivity contribution < 1.29 is 43.0 Å². The number of ether oxygens (including phenoxy) is 3. The molecule has 3 N–H and O–H groups in total. The number of hydrogen-bond acceptors (Lipinski definition) is 9. The van der Waals surface area contributed by atoms with Crippen LogP contribution in [0.2, 0.25) is 0 Å². The van der Waals surface area contributed by atoms with Gasteiger partial charge in [-0.2, -0.15) is 0 Å². The number of nitrogens with one attached hydrogen (secondary N) is 3. The van der Waals surface area contributed by atoms with Gasteiger partial charge in [-0.3, -0.25) is 14.4 Å². The topological polar surface area (TPSA) is 166 Å². The van der Waals surface area contributed by atoms with Gasteiger partial charge in [-0.25, -0.2) is 14.4 Å². The molecule has 4 rings (SSSR count). The second-order valence-electron chi connectivity index (χ2n) is 14.8. The fourth-order valence-electron chi connectivity index (χ4n) is 6.99. The average Bonchev–Trinajstić information content (AvgIpc) is 3.26. The molecule has 0 heterocycles. The molecule has 12 heteroatoms. The molecule has 60 heavy (non-hydrogen) atoms. The Labute approximate surface area is 352 Å². The highest BCUT2D eigenvalue weighted by atomic mass is 16.5. The van der Waals surface area contributed by atoms with Gasteiger partial charge in [-0.1, -0.05) is 109 Å². The third-order valence-corrected chi connectivity index (χ3v) is 10.2. The second kappa shape index (κ2) is 25.2. The van der Waals surface area contributed by atoms with E-state index in [2.05, 4.69) is 35.7 Å². The molecule has 0 bridgehead atoms. The summed E-state index contributed by atoms with van der Waals surface area (Å²) < 4.78 is 16.4. The standard InChI is InChI=1S/C48H57N3O9/c1-4-7-25-58-46(55)40(28-34-19-13-10-14-20-34)49-43(52)37-31-38(44(53)50-41(47(56)59-26-8-5-2)29-35-21-15-11-16-22-35)33-39(32-37)45(54)51-42(48(57)60-27-9-6-3)30-36-23-17-12-18-24-36/h4-6,10-24,37-42H,1-3,7-9,25-33H2,(H,49,52)(H,50,53)(H,51,54)/t37?,38?,39?,40-,41?,42?/m0/s1. The first-order chi connectivity index (χ1) is 29.1. The Morgan fingerprint density at radius 1 is 0.467 bits per heavy atom. The highest BCUT2D eigenvalue weighted by Crippen LogP contribution is 2.35. The Balaban J connectivity index is 1.62. The molecule has 3 aromatic rings. The van der Waals surface area contributed by atoms with Crippen molar-refractivity contribution in [2.75, 3.05) is 19.8 Å². The quantitative estimate of drug-likeness (QED) is 0.0454.